The van der Waals surface area contributed by atoms with Crippen LogP contribution >= 0.6 is 11.6 Å². The van der Waals surface area contributed by atoms with Crippen molar-refractivity contribution < 1.29 is 0 Å². The van der Waals surface area contributed by atoms with Crippen molar-refractivity contribution >= 4 is 17.2 Å². The molecular weight excluding hydrogens is 180 g/mol. The molecule has 2 rings (SSSR count). The molecule has 0 spiro atoms. The zero-order valence-electron chi connectivity index (χ0n) is 7.59. The summed E-state index contributed by atoms with van der Waals surface area (Å²) < 4.78 is 0. The number of benzene rings is 1. The van der Waals surface area contributed by atoms with Gasteiger partial charge in [-0.3, -0.25) is 0 Å². The molecule has 68 valence electrons. The Balaban J connectivity index is 2.42. The molecule has 13 heavy (non-hydrogen) atoms. The Hall–Kier alpha value is -0.750. The molecule has 0 heterocycles. The summed E-state index contributed by atoms with van der Waals surface area (Å²) in [5.74, 6) is 0.629. The van der Waals surface area contributed by atoms with Crippen molar-refractivity contribution in [3.05, 3.63) is 41.5 Å². The summed E-state index contributed by atoms with van der Waals surface area (Å²) >= 11 is 5.72. The fraction of sp³-hybridized carbons (Fsp3) is 0.333. The van der Waals surface area contributed by atoms with E-state index in [0.29, 0.717) is 5.88 Å². The van der Waals surface area contributed by atoms with Gasteiger partial charge in [0.15, 0.2) is 0 Å². The van der Waals surface area contributed by atoms with E-state index in [0.717, 1.165) is 0 Å². The lowest BCUT2D eigenvalue weighted by atomic mass is 9.87. The van der Waals surface area contributed by atoms with E-state index >= 15 is 0 Å². The summed E-state index contributed by atoms with van der Waals surface area (Å²) in [6, 6.07) is 8.64. The maximum atomic E-state index is 5.72. The van der Waals surface area contributed by atoms with E-state index in [1.165, 1.54) is 36.0 Å². The number of alkyl halides is 1. The maximum Gasteiger partial charge on any atom is 0.0410 e. The van der Waals surface area contributed by atoms with Gasteiger partial charge in [-0.05, 0) is 36.0 Å². The van der Waals surface area contributed by atoms with E-state index < -0.39 is 0 Å². The zero-order chi connectivity index (χ0) is 9.10. The van der Waals surface area contributed by atoms with Crippen LogP contribution in [0.3, 0.4) is 0 Å². The second kappa shape index (κ2) is 3.97. The lowest BCUT2D eigenvalue weighted by Crippen LogP contribution is -2.01. The van der Waals surface area contributed by atoms with Crippen LogP contribution in [-0.4, -0.2) is 5.88 Å². The van der Waals surface area contributed by atoms with Crippen molar-refractivity contribution in [2.75, 3.05) is 5.88 Å². The number of halogens is 1. The highest BCUT2D eigenvalue weighted by atomic mass is 35.5. The van der Waals surface area contributed by atoms with Gasteiger partial charge in [0.1, 0.15) is 0 Å². The van der Waals surface area contributed by atoms with Crippen molar-refractivity contribution in [2.45, 2.75) is 19.3 Å². The standard InChI is InChI=1S/C12H13Cl/c13-9-8-11-6-3-5-10-4-1-2-7-12(10)11/h1-2,4,7-8H,3,5-6,9H2. The highest BCUT2D eigenvalue weighted by Crippen LogP contribution is 2.30. The van der Waals surface area contributed by atoms with Gasteiger partial charge in [-0.25, -0.2) is 0 Å². The largest absolute Gasteiger partial charge is 0.122 e. The second-order valence-electron chi connectivity index (χ2n) is 3.39. The van der Waals surface area contributed by atoms with Crippen molar-refractivity contribution in [3.8, 4) is 0 Å². The van der Waals surface area contributed by atoms with Gasteiger partial charge in [-0.15, -0.1) is 11.6 Å². The number of hydrogen-bond donors (Lipinski definition) is 0. The molecule has 0 saturated heterocycles. The minimum Gasteiger partial charge on any atom is -0.122 e. The quantitative estimate of drug-likeness (QED) is 0.596. The van der Waals surface area contributed by atoms with E-state index in [4.69, 9.17) is 11.6 Å². The molecule has 0 radical (unpaired) electrons. The van der Waals surface area contributed by atoms with Gasteiger partial charge < -0.3 is 0 Å². The van der Waals surface area contributed by atoms with Crippen LogP contribution in [0.1, 0.15) is 24.0 Å². The molecule has 0 saturated carbocycles. The van der Waals surface area contributed by atoms with Crippen molar-refractivity contribution in [1.82, 2.24) is 0 Å². The molecule has 0 atom stereocenters. The van der Waals surface area contributed by atoms with Crippen molar-refractivity contribution in [2.24, 2.45) is 0 Å². The van der Waals surface area contributed by atoms with Crippen molar-refractivity contribution in [3.63, 3.8) is 0 Å². The molecule has 0 aromatic heterocycles. The topological polar surface area (TPSA) is 0 Å². The van der Waals surface area contributed by atoms with Crippen LogP contribution in [-0.2, 0) is 6.42 Å². The highest BCUT2D eigenvalue weighted by Gasteiger charge is 2.11. The number of fused-ring (bicyclic) bond motifs is 1. The summed E-state index contributed by atoms with van der Waals surface area (Å²) in [5.41, 5.74) is 4.32. The maximum absolute atomic E-state index is 5.72. The molecule has 0 nitrogen and oxygen atoms in total. The molecule has 0 aliphatic heterocycles. The van der Waals surface area contributed by atoms with Gasteiger partial charge in [0, 0.05) is 5.88 Å². The first-order valence-electron chi connectivity index (χ1n) is 4.75. The number of hydrogen-bond acceptors (Lipinski definition) is 0. The van der Waals surface area contributed by atoms with E-state index in [9.17, 15) is 0 Å². The average Bonchev–Trinajstić information content (AvgIpc) is 2.19. The summed E-state index contributed by atoms with van der Waals surface area (Å²) in [7, 11) is 0. The molecule has 1 heteroatoms. The third-order valence-electron chi connectivity index (χ3n) is 2.58. The molecule has 0 bridgehead atoms. The van der Waals surface area contributed by atoms with Gasteiger partial charge >= 0.3 is 0 Å². The van der Waals surface area contributed by atoms with Crippen LogP contribution < -0.4 is 0 Å². The molecule has 1 aliphatic rings. The molecule has 0 fully saturated rings. The van der Waals surface area contributed by atoms with Crippen LogP contribution in [0.5, 0.6) is 0 Å². The summed E-state index contributed by atoms with van der Waals surface area (Å²) in [6.07, 6.45) is 5.80. The Kier molecular flexibility index (Phi) is 2.70. The lowest BCUT2D eigenvalue weighted by Gasteiger charge is -2.18. The van der Waals surface area contributed by atoms with E-state index in [1.54, 1.807) is 0 Å². The molecule has 1 aromatic carbocycles. The minimum atomic E-state index is 0.629. The Morgan fingerprint density at radius 3 is 2.92 bits per heavy atom. The summed E-state index contributed by atoms with van der Waals surface area (Å²) in [5, 5.41) is 0. The van der Waals surface area contributed by atoms with E-state index in [-0.39, 0.29) is 0 Å². The fourth-order valence-electron chi connectivity index (χ4n) is 1.96. The van der Waals surface area contributed by atoms with Gasteiger partial charge in [-0.1, -0.05) is 30.3 Å². The van der Waals surface area contributed by atoms with Crippen molar-refractivity contribution in [1.29, 1.82) is 0 Å². The molecule has 1 aromatic rings. The Labute approximate surface area is 84.2 Å². The molecular formula is C12H13Cl. The summed E-state index contributed by atoms with van der Waals surface area (Å²) in [6.45, 7) is 0. The van der Waals surface area contributed by atoms with Gasteiger partial charge in [0.05, 0.1) is 0 Å². The average molecular weight is 193 g/mol. The second-order valence-corrected chi connectivity index (χ2v) is 3.70. The third-order valence-corrected chi connectivity index (χ3v) is 2.73. The first kappa shape index (κ1) is 8.83. The van der Waals surface area contributed by atoms with Crippen LogP contribution in [0.2, 0.25) is 0 Å². The van der Waals surface area contributed by atoms with E-state index in [1.807, 2.05) is 0 Å². The predicted molar refractivity (Wildman–Crippen MR) is 58.1 cm³/mol. The predicted octanol–water partition coefficient (Wildman–Crippen LogP) is 3.65. The Bertz CT molecular complexity index is 326. The monoisotopic (exact) mass is 192 g/mol. The number of aryl methyl sites for hydroxylation is 1. The number of rotatable bonds is 1. The fourth-order valence-corrected chi connectivity index (χ4v) is 2.15. The Morgan fingerprint density at radius 2 is 2.08 bits per heavy atom. The molecule has 1 aliphatic carbocycles. The molecule has 0 amide bonds. The Morgan fingerprint density at radius 1 is 1.23 bits per heavy atom. The van der Waals surface area contributed by atoms with Gasteiger partial charge in [0.2, 0.25) is 0 Å². The summed E-state index contributed by atoms with van der Waals surface area (Å²) in [4.78, 5) is 0. The lowest BCUT2D eigenvalue weighted by molar-refractivity contribution is 0.821. The van der Waals surface area contributed by atoms with Crippen LogP contribution in [0, 0.1) is 0 Å². The first-order valence-corrected chi connectivity index (χ1v) is 5.28. The zero-order valence-corrected chi connectivity index (χ0v) is 8.35. The minimum absolute atomic E-state index is 0.629. The third kappa shape index (κ3) is 1.78. The van der Waals surface area contributed by atoms with Gasteiger partial charge in [-0.2, -0.15) is 0 Å². The van der Waals surface area contributed by atoms with E-state index in [2.05, 4.69) is 30.3 Å². The normalized spacial score (nSPS) is 18.7. The first-order chi connectivity index (χ1) is 6.42. The van der Waals surface area contributed by atoms with Crippen LogP contribution in [0.15, 0.2) is 30.3 Å². The SMILES string of the molecule is ClCC=C1CCCc2ccccc21. The van der Waals surface area contributed by atoms with Gasteiger partial charge in [0.25, 0.3) is 0 Å². The molecule has 0 unspecified atom stereocenters. The highest BCUT2D eigenvalue weighted by molar-refractivity contribution is 6.19. The number of allylic oxidation sites excluding steroid dienone is 2. The van der Waals surface area contributed by atoms with Crippen LogP contribution in [0.25, 0.3) is 5.57 Å². The van der Waals surface area contributed by atoms with Crippen LogP contribution in [0.4, 0.5) is 0 Å². The molecule has 0 N–H and O–H groups in total. The smallest absolute Gasteiger partial charge is 0.0410 e.